The Hall–Kier alpha value is -2.31. The lowest BCUT2D eigenvalue weighted by atomic mass is 10.2. The molecule has 2 aromatic rings. The van der Waals surface area contributed by atoms with Gasteiger partial charge in [0.05, 0.1) is 17.3 Å². The first kappa shape index (κ1) is 17.1. The van der Waals surface area contributed by atoms with E-state index in [1.165, 1.54) is 0 Å². The van der Waals surface area contributed by atoms with Gasteiger partial charge in [0.2, 0.25) is 0 Å². The summed E-state index contributed by atoms with van der Waals surface area (Å²) in [5.74, 6) is 0.407. The van der Waals surface area contributed by atoms with Crippen molar-refractivity contribution in [3.8, 4) is 5.75 Å². The van der Waals surface area contributed by atoms with Crippen molar-refractivity contribution in [3.05, 3.63) is 59.1 Å². The molecule has 0 aliphatic rings. The smallest absolute Gasteiger partial charge is 0.269 e. The molecule has 0 saturated carbocycles. The van der Waals surface area contributed by atoms with Gasteiger partial charge in [-0.2, -0.15) is 0 Å². The molecular weight excluding hydrogens is 334 g/mol. The van der Waals surface area contributed by atoms with Crippen molar-refractivity contribution in [1.29, 1.82) is 0 Å². The first-order chi connectivity index (χ1) is 11.1. The van der Waals surface area contributed by atoms with Crippen LogP contribution in [0.3, 0.4) is 0 Å². The fraction of sp³-hybridized carbons (Fsp3) is 0.125. The maximum atomic E-state index is 12.0. The van der Waals surface area contributed by atoms with Crippen molar-refractivity contribution in [3.63, 3.8) is 0 Å². The number of amides is 1. The van der Waals surface area contributed by atoms with E-state index in [2.05, 4.69) is 16.2 Å². The van der Waals surface area contributed by atoms with Crippen LogP contribution >= 0.6 is 23.8 Å². The van der Waals surface area contributed by atoms with E-state index in [1.807, 2.05) is 19.1 Å². The summed E-state index contributed by atoms with van der Waals surface area (Å²) >= 11 is 11.1. The number of ether oxygens (including phenoxy) is 1. The van der Waals surface area contributed by atoms with Crippen LogP contribution in [-0.4, -0.2) is 17.6 Å². The Bertz CT molecular complexity index is 692. The fourth-order valence-corrected chi connectivity index (χ4v) is 2.12. The van der Waals surface area contributed by atoms with E-state index in [4.69, 9.17) is 28.6 Å². The summed E-state index contributed by atoms with van der Waals surface area (Å²) in [7, 11) is 0. The zero-order valence-electron chi connectivity index (χ0n) is 12.4. The average molecular weight is 350 g/mol. The number of benzene rings is 2. The molecule has 2 aromatic carbocycles. The Balaban J connectivity index is 1.86. The highest BCUT2D eigenvalue weighted by Gasteiger charge is 2.07. The Morgan fingerprint density at radius 3 is 2.48 bits per heavy atom. The molecule has 2 rings (SSSR count). The molecule has 0 aromatic heterocycles. The number of anilines is 1. The quantitative estimate of drug-likeness (QED) is 0.583. The van der Waals surface area contributed by atoms with Gasteiger partial charge in [0.1, 0.15) is 5.75 Å². The number of carbonyl (C=O) groups is 1. The van der Waals surface area contributed by atoms with Crippen LogP contribution in [0, 0.1) is 0 Å². The molecule has 7 heteroatoms. The molecule has 0 fully saturated rings. The predicted octanol–water partition coefficient (Wildman–Crippen LogP) is 3.37. The minimum absolute atomic E-state index is 0.234. The summed E-state index contributed by atoms with van der Waals surface area (Å²) in [6.07, 6.45) is 0. The molecule has 120 valence electrons. The number of carbonyl (C=O) groups excluding carboxylic acids is 1. The van der Waals surface area contributed by atoms with Crippen LogP contribution in [0.5, 0.6) is 5.75 Å². The summed E-state index contributed by atoms with van der Waals surface area (Å²) in [5.41, 5.74) is 6.28. The molecule has 0 aliphatic heterocycles. The molecule has 0 bridgehead atoms. The van der Waals surface area contributed by atoms with Gasteiger partial charge in [-0.1, -0.05) is 23.7 Å². The number of halogens is 1. The zero-order valence-corrected chi connectivity index (χ0v) is 14.0. The van der Waals surface area contributed by atoms with Crippen molar-refractivity contribution in [1.82, 2.24) is 10.9 Å². The highest BCUT2D eigenvalue weighted by atomic mass is 35.5. The number of para-hydroxylation sites is 1. The molecular formula is C16H16ClN3O2S. The van der Waals surface area contributed by atoms with Crippen LogP contribution < -0.4 is 20.9 Å². The lowest BCUT2D eigenvalue weighted by molar-refractivity contribution is 0.0944. The maximum Gasteiger partial charge on any atom is 0.269 e. The van der Waals surface area contributed by atoms with Crippen molar-refractivity contribution < 1.29 is 9.53 Å². The van der Waals surface area contributed by atoms with Crippen molar-refractivity contribution in [2.24, 2.45) is 0 Å². The molecule has 0 aliphatic carbocycles. The topological polar surface area (TPSA) is 62.4 Å². The number of hydrazine groups is 1. The minimum Gasteiger partial charge on any atom is -0.494 e. The standard InChI is InChI=1S/C16H16ClN3O2S/c1-2-22-12-9-7-11(8-10-12)15(21)19-20-16(23)18-14-6-4-3-5-13(14)17/h3-10H,2H2,1H3,(H,19,21)(H2,18,20,23). The summed E-state index contributed by atoms with van der Waals surface area (Å²) in [6, 6.07) is 14.0. The van der Waals surface area contributed by atoms with E-state index in [0.717, 1.165) is 0 Å². The molecule has 0 spiro atoms. The van der Waals surface area contributed by atoms with Gasteiger partial charge in [-0.05, 0) is 55.5 Å². The largest absolute Gasteiger partial charge is 0.494 e. The Morgan fingerprint density at radius 1 is 1.13 bits per heavy atom. The summed E-state index contributed by atoms with van der Waals surface area (Å²) in [6.45, 7) is 2.48. The van der Waals surface area contributed by atoms with E-state index < -0.39 is 0 Å². The summed E-state index contributed by atoms with van der Waals surface area (Å²) in [5, 5.41) is 3.67. The first-order valence-electron chi connectivity index (χ1n) is 6.95. The molecule has 3 N–H and O–H groups in total. The molecule has 0 unspecified atom stereocenters. The third-order valence-corrected chi connectivity index (χ3v) is 3.37. The van der Waals surface area contributed by atoms with Gasteiger partial charge in [0, 0.05) is 5.56 Å². The monoisotopic (exact) mass is 349 g/mol. The molecule has 0 radical (unpaired) electrons. The van der Waals surface area contributed by atoms with E-state index in [-0.39, 0.29) is 11.0 Å². The Morgan fingerprint density at radius 2 is 1.83 bits per heavy atom. The molecule has 23 heavy (non-hydrogen) atoms. The average Bonchev–Trinajstić information content (AvgIpc) is 2.56. The van der Waals surface area contributed by atoms with Gasteiger partial charge >= 0.3 is 0 Å². The molecule has 5 nitrogen and oxygen atoms in total. The van der Waals surface area contributed by atoms with E-state index >= 15 is 0 Å². The van der Waals surface area contributed by atoms with Crippen molar-refractivity contribution in [2.75, 3.05) is 11.9 Å². The zero-order chi connectivity index (χ0) is 16.7. The first-order valence-corrected chi connectivity index (χ1v) is 7.73. The summed E-state index contributed by atoms with van der Waals surface area (Å²) < 4.78 is 5.33. The van der Waals surface area contributed by atoms with Gasteiger partial charge in [-0.25, -0.2) is 0 Å². The number of rotatable bonds is 4. The van der Waals surface area contributed by atoms with Crippen molar-refractivity contribution >= 4 is 40.5 Å². The third-order valence-electron chi connectivity index (χ3n) is 2.84. The van der Waals surface area contributed by atoms with Gasteiger partial charge in [-0.3, -0.25) is 15.6 Å². The van der Waals surface area contributed by atoms with Crippen LogP contribution in [0.4, 0.5) is 5.69 Å². The molecule has 1 amide bonds. The molecule has 0 saturated heterocycles. The second-order valence-corrected chi connectivity index (χ2v) is 5.29. The van der Waals surface area contributed by atoms with Gasteiger partial charge < -0.3 is 10.1 Å². The van der Waals surface area contributed by atoms with Crippen LogP contribution in [0.1, 0.15) is 17.3 Å². The van der Waals surface area contributed by atoms with Gasteiger partial charge in [0.25, 0.3) is 5.91 Å². The normalized spacial score (nSPS) is 9.83. The van der Waals surface area contributed by atoms with E-state index in [0.29, 0.717) is 28.6 Å². The van der Waals surface area contributed by atoms with Crippen molar-refractivity contribution in [2.45, 2.75) is 6.92 Å². The highest BCUT2D eigenvalue weighted by Crippen LogP contribution is 2.20. The number of nitrogens with one attached hydrogen (secondary N) is 3. The van der Waals surface area contributed by atoms with E-state index in [1.54, 1.807) is 36.4 Å². The van der Waals surface area contributed by atoms with Crippen LogP contribution in [0.15, 0.2) is 48.5 Å². The van der Waals surface area contributed by atoms with Gasteiger partial charge in [-0.15, -0.1) is 0 Å². The maximum absolute atomic E-state index is 12.0. The molecule has 0 atom stereocenters. The van der Waals surface area contributed by atoms with Gasteiger partial charge in [0.15, 0.2) is 5.11 Å². The SMILES string of the molecule is CCOc1ccc(C(=O)NNC(=S)Nc2ccccc2Cl)cc1. The molecule has 0 heterocycles. The second-order valence-electron chi connectivity index (χ2n) is 4.47. The Kier molecular flexibility index (Phi) is 6.19. The number of thiocarbonyl (C=S) groups is 1. The van der Waals surface area contributed by atoms with Crippen LogP contribution in [0.25, 0.3) is 0 Å². The number of hydrogen-bond acceptors (Lipinski definition) is 3. The van der Waals surface area contributed by atoms with E-state index in [9.17, 15) is 4.79 Å². The highest BCUT2D eigenvalue weighted by molar-refractivity contribution is 7.80. The minimum atomic E-state index is -0.309. The lowest BCUT2D eigenvalue weighted by Gasteiger charge is -2.12. The van der Waals surface area contributed by atoms with Crippen LogP contribution in [-0.2, 0) is 0 Å². The number of hydrogen-bond donors (Lipinski definition) is 3. The fourth-order valence-electron chi connectivity index (χ4n) is 1.77. The third kappa shape index (κ3) is 5.12. The lowest BCUT2D eigenvalue weighted by Crippen LogP contribution is -2.43. The summed E-state index contributed by atoms with van der Waals surface area (Å²) in [4.78, 5) is 12.0. The second kappa shape index (κ2) is 8.36. The van der Waals surface area contributed by atoms with Crippen LogP contribution in [0.2, 0.25) is 5.02 Å². The predicted molar refractivity (Wildman–Crippen MR) is 95.9 cm³/mol. The Labute approximate surface area is 145 Å².